The molecule has 0 aliphatic heterocycles. The van der Waals surface area contributed by atoms with E-state index >= 15 is 0 Å². The van der Waals surface area contributed by atoms with E-state index in [1.54, 1.807) is 20.8 Å². The number of phenols is 1. The highest BCUT2D eigenvalue weighted by Crippen LogP contribution is 2.29. The van der Waals surface area contributed by atoms with Crippen LogP contribution >= 0.6 is 0 Å². The van der Waals surface area contributed by atoms with Crippen molar-refractivity contribution in [3.05, 3.63) is 29.8 Å². The summed E-state index contributed by atoms with van der Waals surface area (Å²) in [5, 5.41) is 9.44. The average molecular weight is 335 g/mol. The van der Waals surface area contributed by atoms with E-state index in [0.29, 0.717) is 0 Å². The molecule has 0 radical (unpaired) electrons. The van der Waals surface area contributed by atoms with E-state index in [1.165, 1.54) is 24.3 Å². The molecule has 0 bridgehead atoms. The van der Waals surface area contributed by atoms with Gasteiger partial charge in [-0.1, -0.05) is 12.1 Å². The van der Waals surface area contributed by atoms with Gasteiger partial charge in [0.15, 0.2) is 0 Å². The summed E-state index contributed by atoms with van der Waals surface area (Å²) >= 11 is 0. The molecule has 1 fully saturated rings. The number of ether oxygens (including phenoxy) is 2. The van der Waals surface area contributed by atoms with E-state index in [-0.39, 0.29) is 17.4 Å². The molecule has 6 nitrogen and oxygen atoms in total. The Balaban J connectivity index is 2.33. The van der Waals surface area contributed by atoms with Gasteiger partial charge in [-0.15, -0.1) is 0 Å². The first-order valence-electron chi connectivity index (χ1n) is 8.16. The third kappa shape index (κ3) is 4.06. The van der Waals surface area contributed by atoms with E-state index in [2.05, 4.69) is 0 Å². The molecule has 0 spiro atoms. The number of carbonyl (C=O) groups is 2. The molecule has 1 aliphatic carbocycles. The van der Waals surface area contributed by atoms with Gasteiger partial charge in [0, 0.05) is 0 Å². The van der Waals surface area contributed by atoms with Crippen LogP contribution in [0.3, 0.4) is 0 Å². The minimum atomic E-state index is -2.07. The second-order valence-corrected chi connectivity index (χ2v) is 7.17. The van der Waals surface area contributed by atoms with Crippen molar-refractivity contribution in [3.8, 4) is 5.75 Å². The molecule has 1 aromatic carbocycles. The quantitative estimate of drug-likeness (QED) is 0.647. The van der Waals surface area contributed by atoms with E-state index in [9.17, 15) is 14.7 Å². The molecule has 1 saturated carbocycles. The normalized spacial score (nSPS) is 18.0. The maximum Gasteiger partial charge on any atom is 0.343 e. The van der Waals surface area contributed by atoms with Gasteiger partial charge < -0.3 is 20.3 Å². The zero-order valence-electron chi connectivity index (χ0n) is 14.4. The maximum atomic E-state index is 12.7. The first-order valence-corrected chi connectivity index (χ1v) is 8.16. The first kappa shape index (κ1) is 18.3. The summed E-state index contributed by atoms with van der Waals surface area (Å²) in [6.07, 6.45) is 3.29. The standard InChI is InChI=1S/C18H25NO5/c1-17(2,3)24-16(22)18(19,12-8-10-13(20)11-9-12)15(21)23-14-6-4-5-7-14/h8-11,14,20H,4-7,19H2,1-3H3/t18-/m0/s1. The number of hydrogen-bond acceptors (Lipinski definition) is 6. The fourth-order valence-corrected chi connectivity index (χ4v) is 2.65. The van der Waals surface area contributed by atoms with Crippen molar-refractivity contribution < 1.29 is 24.2 Å². The van der Waals surface area contributed by atoms with E-state index < -0.39 is 23.1 Å². The topological polar surface area (TPSA) is 98.9 Å². The molecule has 0 saturated heterocycles. The van der Waals surface area contributed by atoms with Gasteiger partial charge in [-0.25, -0.2) is 9.59 Å². The summed E-state index contributed by atoms with van der Waals surface area (Å²) in [5.41, 5.74) is 3.57. The summed E-state index contributed by atoms with van der Waals surface area (Å²) in [4.78, 5) is 25.4. The van der Waals surface area contributed by atoms with E-state index in [4.69, 9.17) is 15.2 Å². The number of rotatable bonds is 4. The summed E-state index contributed by atoms with van der Waals surface area (Å²) in [7, 11) is 0. The Bertz CT molecular complexity index is 599. The van der Waals surface area contributed by atoms with Gasteiger partial charge >= 0.3 is 11.9 Å². The second kappa shape index (κ2) is 6.81. The van der Waals surface area contributed by atoms with E-state index in [0.717, 1.165) is 25.7 Å². The molecule has 1 aromatic rings. The van der Waals surface area contributed by atoms with Crippen molar-refractivity contribution in [2.45, 2.75) is 63.7 Å². The summed E-state index contributed by atoms with van der Waals surface area (Å²) in [6.45, 7) is 5.10. The van der Waals surface area contributed by atoms with Gasteiger partial charge in [-0.2, -0.15) is 0 Å². The van der Waals surface area contributed by atoms with Gasteiger partial charge in [0.25, 0.3) is 0 Å². The molecule has 2 rings (SSSR count). The van der Waals surface area contributed by atoms with Crippen LogP contribution in [0.1, 0.15) is 52.0 Å². The molecule has 1 atom stereocenters. The molecule has 132 valence electrons. The molecular formula is C18H25NO5. The predicted octanol–water partition coefficient (Wildman–Crippen LogP) is 2.37. The van der Waals surface area contributed by atoms with Crippen LogP contribution in [0, 0.1) is 0 Å². The van der Waals surface area contributed by atoms with E-state index in [1.807, 2.05) is 0 Å². The first-order chi connectivity index (χ1) is 11.1. The van der Waals surface area contributed by atoms with Crippen LogP contribution in [-0.4, -0.2) is 28.8 Å². The highest BCUT2D eigenvalue weighted by atomic mass is 16.6. The number of phenolic OH excluding ortho intramolecular Hbond substituents is 1. The van der Waals surface area contributed by atoms with Gasteiger partial charge in [0.1, 0.15) is 17.5 Å². The summed E-state index contributed by atoms with van der Waals surface area (Å²) < 4.78 is 10.8. The number of esters is 2. The molecule has 0 heterocycles. The lowest BCUT2D eigenvalue weighted by Crippen LogP contribution is -2.55. The summed E-state index contributed by atoms with van der Waals surface area (Å²) in [6, 6.07) is 5.58. The molecule has 0 unspecified atom stereocenters. The zero-order chi connectivity index (χ0) is 18.0. The van der Waals surface area contributed by atoms with Crippen molar-refractivity contribution in [3.63, 3.8) is 0 Å². The Kier molecular flexibility index (Phi) is 5.18. The number of nitrogens with two attached hydrogens (primary N) is 1. The van der Waals surface area contributed by atoms with Gasteiger partial charge in [-0.3, -0.25) is 0 Å². The van der Waals surface area contributed by atoms with Crippen LogP contribution in [-0.2, 0) is 24.6 Å². The number of aromatic hydroxyl groups is 1. The average Bonchev–Trinajstić information content (AvgIpc) is 2.98. The van der Waals surface area contributed by atoms with Gasteiger partial charge in [-0.05, 0) is 64.2 Å². The Morgan fingerprint density at radius 2 is 1.62 bits per heavy atom. The predicted molar refractivity (Wildman–Crippen MR) is 88.2 cm³/mol. The Labute approximate surface area is 141 Å². The summed E-state index contributed by atoms with van der Waals surface area (Å²) in [5.74, 6) is -1.69. The van der Waals surface area contributed by atoms with Crippen molar-refractivity contribution in [2.75, 3.05) is 0 Å². The molecule has 3 N–H and O–H groups in total. The third-order valence-corrected chi connectivity index (χ3v) is 3.94. The maximum absolute atomic E-state index is 12.7. The Morgan fingerprint density at radius 3 is 2.12 bits per heavy atom. The minimum Gasteiger partial charge on any atom is -0.508 e. The van der Waals surface area contributed by atoms with Crippen molar-refractivity contribution >= 4 is 11.9 Å². The number of carbonyl (C=O) groups excluding carboxylic acids is 2. The molecule has 6 heteroatoms. The highest BCUT2D eigenvalue weighted by molar-refractivity contribution is 6.05. The Morgan fingerprint density at radius 1 is 1.08 bits per heavy atom. The van der Waals surface area contributed by atoms with Crippen LogP contribution in [0.4, 0.5) is 0 Å². The number of benzene rings is 1. The second-order valence-electron chi connectivity index (χ2n) is 7.17. The highest BCUT2D eigenvalue weighted by Gasteiger charge is 2.49. The molecular weight excluding hydrogens is 310 g/mol. The van der Waals surface area contributed by atoms with Crippen molar-refractivity contribution in [2.24, 2.45) is 5.73 Å². The lowest BCUT2D eigenvalue weighted by molar-refractivity contribution is -0.174. The zero-order valence-corrected chi connectivity index (χ0v) is 14.4. The van der Waals surface area contributed by atoms with Gasteiger partial charge in [0.2, 0.25) is 5.54 Å². The largest absolute Gasteiger partial charge is 0.508 e. The number of hydrogen-bond donors (Lipinski definition) is 2. The van der Waals surface area contributed by atoms with Crippen LogP contribution < -0.4 is 5.73 Å². The monoisotopic (exact) mass is 335 g/mol. The minimum absolute atomic E-state index is 0.00875. The van der Waals surface area contributed by atoms with Crippen molar-refractivity contribution in [1.29, 1.82) is 0 Å². The third-order valence-electron chi connectivity index (χ3n) is 3.94. The molecule has 0 aromatic heterocycles. The lowest BCUT2D eigenvalue weighted by atomic mass is 9.90. The van der Waals surface area contributed by atoms with Gasteiger partial charge in [0.05, 0.1) is 0 Å². The molecule has 24 heavy (non-hydrogen) atoms. The van der Waals surface area contributed by atoms with Crippen LogP contribution in [0.25, 0.3) is 0 Å². The molecule has 1 aliphatic rings. The van der Waals surface area contributed by atoms with Crippen LogP contribution in [0.15, 0.2) is 24.3 Å². The Hall–Kier alpha value is -2.08. The smallest absolute Gasteiger partial charge is 0.343 e. The SMILES string of the molecule is CC(C)(C)OC(=O)[C@@](N)(C(=O)OC1CCCC1)c1ccc(O)cc1. The van der Waals surface area contributed by atoms with Crippen molar-refractivity contribution in [1.82, 2.24) is 0 Å². The van der Waals surface area contributed by atoms with Crippen LogP contribution in [0.5, 0.6) is 5.75 Å². The lowest BCUT2D eigenvalue weighted by Gasteiger charge is -2.30. The fraction of sp³-hybridized carbons (Fsp3) is 0.556. The molecule has 0 amide bonds. The van der Waals surface area contributed by atoms with Crippen LogP contribution in [0.2, 0.25) is 0 Å². The fourth-order valence-electron chi connectivity index (χ4n) is 2.65.